The lowest BCUT2D eigenvalue weighted by atomic mass is 10.1. The molecule has 0 aliphatic rings. The minimum atomic E-state index is 0.751. The first-order chi connectivity index (χ1) is 9.41. The summed E-state index contributed by atoms with van der Waals surface area (Å²) in [5.41, 5.74) is 0. The molecule has 0 aliphatic carbocycles. The fraction of sp³-hybridized carbons (Fsp3) is 0.833. The van der Waals surface area contributed by atoms with Crippen LogP contribution < -0.4 is 0 Å². The molecule has 0 aromatic rings. The minimum absolute atomic E-state index is 0.751. The molecule has 0 amide bonds. The molecular weight excluding hydrogens is 232 g/mol. The Labute approximate surface area is 120 Å². The Morgan fingerprint density at radius 3 is 1.47 bits per heavy atom. The third kappa shape index (κ3) is 17.4. The smallest absolute Gasteiger partial charge is 0.119 e. The van der Waals surface area contributed by atoms with Gasteiger partial charge in [0.1, 0.15) is 6.29 Å². The van der Waals surface area contributed by atoms with Gasteiger partial charge >= 0.3 is 0 Å². The maximum Gasteiger partial charge on any atom is 0.119 e. The topological polar surface area (TPSA) is 17.1 Å². The molecule has 0 aromatic carbocycles. The monoisotopic (exact) mass is 266 g/mol. The van der Waals surface area contributed by atoms with E-state index in [0.717, 1.165) is 19.1 Å². The molecule has 112 valence electrons. The predicted octanol–water partition coefficient (Wildman–Crippen LogP) is 6.22. The Bertz CT molecular complexity index is 196. The molecule has 0 saturated carbocycles. The van der Waals surface area contributed by atoms with Crippen molar-refractivity contribution < 1.29 is 4.79 Å². The largest absolute Gasteiger partial charge is 0.303 e. The van der Waals surface area contributed by atoms with Crippen LogP contribution in [0.15, 0.2) is 12.2 Å². The highest BCUT2D eigenvalue weighted by Crippen LogP contribution is 2.09. The fourth-order valence-electron chi connectivity index (χ4n) is 2.30. The Hall–Kier alpha value is -0.590. The van der Waals surface area contributed by atoms with Crippen molar-refractivity contribution in [3.63, 3.8) is 0 Å². The lowest BCUT2D eigenvalue weighted by molar-refractivity contribution is -0.107. The van der Waals surface area contributed by atoms with Gasteiger partial charge < -0.3 is 4.79 Å². The van der Waals surface area contributed by atoms with Crippen LogP contribution in [0.4, 0.5) is 0 Å². The minimum Gasteiger partial charge on any atom is -0.303 e. The van der Waals surface area contributed by atoms with Crippen molar-refractivity contribution in [2.45, 2.75) is 96.8 Å². The number of hydrogen-bond donors (Lipinski definition) is 0. The van der Waals surface area contributed by atoms with Crippen LogP contribution in [-0.4, -0.2) is 6.29 Å². The molecule has 0 unspecified atom stereocenters. The summed E-state index contributed by atoms with van der Waals surface area (Å²) in [6.45, 7) is 2.27. The summed E-state index contributed by atoms with van der Waals surface area (Å²) in [6.07, 6.45) is 23.6. The first kappa shape index (κ1) is 18.4. The van der Waals surface area contributed by atoms with Crippen molar-refractivity contribution in [1.82, 2.24) is 0 Å². The maximum absolute atomic E-state index is 10.1. The summed E-state index contributed by atoms with van der Waals surface area (Å²) in [6, 6.07) is 0. The standard InChI is InChI=1S/C18H34O/c1-2-3-4-5-6-7-8-9-10-11-12-13-14-15-16-17-18-19/h8-9,18H,2-7,10-17H2,1H3/b9-8+. The van der Waals surface area contributed by atoms with E-state index in [9.17, 15) is 4.79 Å². The highest BCUT2D eigenvalue weighted by atomic mass is 16.1. The summed E-state index contributed by atoms with van der Waals surface area (Å²) in [5, 5.41) is 0. The highest BCUT2D eigenvalue weighted by Gasteiger charge is 1.90. The molecule has 0 heterocycles. The number of allylic oxidation sites excluding steroid dienone is 2. The van der Waals surface area contributed by atoms with Crippen molar-refractivity contribution in [3.8, 4) is 0 Å². The second-order valence-corrected chi connectivity index (χ2v) is 5.54. The van der Waals surface area contributed by atoms with Gasteiger partial charge in [-0.15, -0.1) is 0 Å². The van der Waals surface area contributed by atoms with Crippen molar-refractivity contribution >= 4 is 6.29 Å². The Morgan fingerprint density at radius 2 is 1.00 bits per heavy atom. The van der Waals surface area contributed by atoms with Crippen LogP contribution in [0.5, 0.6) is 0 Å². The molecule has 0 rings (SSSR count). The maximum atomic E-state index is 10.1. The van der Waals surface area contributed by atoms with Gasteiger partial charge in [-0.2, -0.15) is 0 Å². The molecule has 0 saturated heterocycles. The summed E-state index contributed by atoms with van der Waals surface area (Å²) >= 11 is 0. The second-order valence-electron chi connectivity index (χ2n) is 5.54. The molecule has 0 radical (unpaired) electrons. The van der Waals surface area contributed by atoms with Gasteiger partial charge in [-0.25, -0.2) is 0 Å². The Balaban J connectivity index is 3.02. The molecule has 0 atom stereocenters. The van der Waals surface area contributed by atoms with E-state index in [1.165, 1.54) is 77.0 Å². The van der Waals surface area contributed by atoms with Crippen LogP contribution in [0, 0.1) is 0 Å². The van der Waals surface area contributed by atoms with Gasteiger partial charge in [-0.1, -0.05) is 70.4 Å². The van der Waals surface area contributed by atoms with E-state index in [2.05, 4.69) is 19.1 Å². The van der Waals surface area contributed by atoms with Crippen LogP contribution in [0.1, 0.15) is 96.8 Å². The highest BCUT2D eigenvalue weighted by molar-refractivity contribution is 5.48. The SMILES string of the molecule is CCCCCCC/C=C/CCCCCCCCC=O. The van der Waals surface area contributed by atoms with Gasteiger partial charge in [0.15, 0.2) is 0 Å². The van der Waals surface area contributed by atoms with Crippen LogP contribution in [0.3, 0.4) is 0 Å². The third-order valence-electron chi connectivity index (χ3n) is 3.58. The normalized spacial score (nSPS) is 11.2. The third-order valence-corrected chi connectivity index (χ3v) is 3.58. The number of unbranched alkanes of at least 4 members (excludes halogenated alkanes) is 12. The predicted molar refractivity (Wildman–Crippen MR) is 85.5 cm³/mol. The molecule has 0 spiro atoms. The summed E-state index contributed by atoms with van der Waals surface area (Å²) < 4.78 is 0. The summed E-state index contributed by atoms with van der Waals surface area (Å²) in [5.74, 6) is 0. The molecular formula is C18H34O. The van der Waals surface area contributed by atoms with Gasteiger partial charge in [-0.3, -0.25) is 0 Å². The molecule has 0 bridgehead atoms. The van der Waals surface area contributed by atoms with Crippen LogP contribution in [0.25, 0.3) is 0 Å². The molecule has 0 N–H and O–H groups in total. The van der Waals surface area contributed by atoms with E-state index < -0.39 is 0 Å². The van der Waals surface area contributed by atoms with Crippen molar-refractivity contribution in [2.75, 3.05) is 0 Å². The van der Waals surface area contributed by atoms with Gasteiger partial charge in [0.25, 0.3) is 0 Å². The van der Waals surface area contributed by atoms with Crippen molar-refractivity contribution in [2.24, 2.45) is 0 Å². The van der Waals surface area contributed by atoms with E-state index in [0.29, 0.717) is 0 Å². The van der Waals surface area contributed by atoms with E-state index in [4.69, 9.17) is 0 Å². The summed E-state index contributed by atoms with van der Waals surface area (Å²) in [7, 11) is 0. The molecule has 0 aromatic heterocycles. The molecule has 1 heteroatoms. The number of hydrogen-bond acceptors (Lipinski definition) is 1. The quantitative estimate of drug-likeness (QED) is 0.195. The molecule has 0 aliphatic heterocycles. The van der Waals surface area contributed by atoms with E-state index in [-0.39, 0.29) is 0 Å². The van der Waals surface area contributed by atoms with Crippen LogP contribution in [0.2, 0.25) is 0 Å². The lowest BCUT2D eigenvalue weighted by Crippen LogP contribution is -1.81. The number of carbonyl (C=O) groups excluding carboxylic acids is 1. The Kier molecular flexibility index (Phi) is 16.9. The van der Waals surface area contributed by atoms with Crippen LogP contribution in [-0.2, 0) is 4.79 Å². The second kappa shape index (κ2) is 17.4. The van der Waals surface area contributed by atoms with Gasteiger partial charge in [0.05, 0.1) is 0 Å². The zero-order chi connectivity index (χ0) is 14.0. The number of aldehydes is 1. The van der Waals surface area contributed by atoms with Gasteiger partial charge in [-0.05, 0) is 32.1 Å². The number of rotatable bonds is 15. The lowest BCUT2D eigenvalue weighted by Gasteiger charge is -1.99. The summed E-state index contributed by atoms with van der Waals surface area (Å²) in [4.78, 5) is 10.1. The van der Waals surface area contributed by atoms with Gasteiger partial charge in [0, 0.05) is 6.42 Å². The van der Waals surface area contributed by atoms with Crippen molar-refractivity contribution in [1.29, 1.82) is 0 Å². The van der Waals surface area contributed by atoms with E-state index >= 15 is 0 Å². The zero-order valence-electron chi connectivity index (χ0n) is 13.0. The first-order valence-electron chi connectivity index (χ1n) is 8.50. The average molecular weight is 266 g/mol. The molecule has 1 nitrogen and oxygen atoms in total. The van der Waals surface area contributed by atoms with Crippen molar-refractivity contribution in [3.05, 3.63) is 12.2 Å². The zero-order valence-corrected chi connectivity index (χ0v) is 13.0. The van der Waals surface area contributed by atoms with Crippen LogP contribution >= 0.6 is 0 Å². The molecule has 0 fully saturated rings. The van der Waals surface area contributed by atoms with Gasteiger partial charge in [0.2, 0.25) is 0 Å². The Morgan fingerprint density at radius 1 is 0.579 bits per heavy atom. The van der Waals surface area contributed by atoms with E-state index in [1.54, 1.807) is 0 Å². The van der Waals surface area contributed by atoms with E-state index in [1.807, 2.05) is 0 Å². The fourth-order valence-corrected chi connectivity index (χ4v) is 2.30. The first-order valence-corrected chi connectivity index (χ1v) is 8.50. The molecule has 19 heavy (non-hydrogen) atoms. The number of carbonyl (C=O) groups is 1. The average Bonchev–Trinajstić information content (AvgIpc) is 2.43.